The Kier molecular flexibility index (Phi) is 7.37. The number of amides is 1. The molecule has 1 saturated heterocycles. The highest BCUT2D eigenvalue weighted by molar-refractivity contribution is 5.92. The summed E-state index contributed by atoms with van der Waals surface area (Å²) in [6.07, 6.45) is 3.08. The highest BCUT2D eigenvalue weighted by Crippen LogP contribution is 2.36. The second kappa shape index (κ2) is 10.4. The molecule has 33 heavy (non-hydrogen) atoms. The van der Waals surface area contributed by atoms with Gasteiger partial charge in [-0.2, -0.15) is 0 Å². The van der Waals surface area contributed by atoms with E-state index in [2.05, 4.69) is 31.2 Å². The van der Waals surface area contributed by atoms with Crippen molar-refractivity contribution in [1.29, 1.82) is 0 Å². The van der Waals surface area contributed by atoms with Gasteiger partial charge in [-0.3, -0.25) is 14.5 Å². The molecule has 4 rings (SSSR count). The monoisotopic (exact) mass is 459 g/mol. The van der Waals surface area contributed by atoms with Gasteiger partial charge in [-0.15, -0.1) is 0 Å². The summed E-state index contributed by atoms with van der Waals surface area (Å²) in [6.45, 7) is 4.93. The summed E-state index contributed by atoms with van der Waals surface area (Å²) in [4.78, 5) is 36.0. The van der Waals surface area contributed by atoms with Crippen LogP contribution < -0.4 is 15.8 Å². The van der Waals surface area contributed by atoms with Crippen molar-refractivity contribution >= 4 is 11.6 Å². The van der Waals surface area contributed by atoms with Crippen LogP contribution in [0.3, 0.4) is 0 Å². The summed E-state index contributed by atoms with van der Waals surface area (Å²) in [7, 11) is 0. The van der Waals surface area contributed by atoms with Crippen molar-refractivity contribution in [2.24, 2.45) is 0 Å². The van der Waals surface area contributed by atoms with Gasteiger partial charge in [-0.1, -0.05) is 13.0 Å². The van der Waals surface area contributed by atoms with Crippen LogP contribution in [0.25, 0.3) is 0 Å². The minimum absolute atomic E-state index is 0.0400. The van der Waals surface area contributed by atoms with Crippen molar-refractivity contribution in [3.05, 3.63) is 57.8 Å². The Balaban J connectivity index is 1.28. The highest BCUT2D eigenvalue weighted by Gasteiger charge is 2.32. The molecule has 2 N–H and O–H groups in total. The highest BCUT2D eigenvalue weighted by atomic mass is 19.3. The Morgan fingerprint density at radius 3 is 2.61 bits per heavy atom. The van der Waals surface area contributed by atoms with Gasteiger partial charge >= 0.3 is 0 Å². The second-order valence-corrected chi connectivity index (χ2v) is 8.81. The van der Waals surface area contributed by atoms with Crippen LogP contribution in [0.5, 0.6) is 0 Å². The van der Waals surface area contributed by atoms with E-state index in [1.165, 1.54) is 0 Å². The van der Waals surface area contributed by atoms with Crippen LogP contribution in [0.15, 0.2) is 35.3 Å². The number of rotatable bonds is 7. The molecule has 2 fully saturated rings. The number of carbonyl (C=O) groups is 1. The summed E-state index contributed by atoms with van der Waals surface area (Å²) in [6, 6.07) is 7.96. The molecular formula is C24H31F2N5O2. The molecule has 1 amide bonds. The first-order valence-electron chi connectivity index (χ1n) is 11.7. The molecule has 2 atom stereocenters. The number of hydrogen-bond acceptors (Lipinski definition) is 5. The Morgan fingerprint density at radius 1 is 1.18 bits per heavy atom. The molecule has 0 radical (unpaired) electrons. The maximum Gasteiger partial charge on any atom is 0.270 e. The Labute approximate surface area is 192 Å². The average Bonchev–Trinajstić information content (AvgIpc) is 3.33. The van der Waals surface area contributed by atoms with Gasteiger partial charge in [0.1, 0.15) is 5.69 Å². The molecule has 0 spiro atoms. The third kappa shape index (κ3) is 5.58. The normalized spacial score (nSPS) is 21.5. The predicted octanol–water partition coefficient (Wildman–Crippen LogP) is 2.79. The summed E-state index contributed by atoms with van der Waals surface area (Å²) in [5.41, 5.74) is 3.00. The zero-order valence-electron chi connectivity index (χ0n) is 18.9. The van der Waals surface area contributed by atoms with Crippen LogP contribution in [0.1, 0.15) is 53.8 Å². The van der Waals surface area contributed by atoms with Gasteiger partial charge in [-0.25, -0.2) is 13.8 Å². The summed E-state index contributed by atoms with van der Waals surface area (Å²) >= 11 is 0. The molecule has 178 valence electrons. The fraction of sp³-hybridized carbons (Fsp3) is 0.542. The zero-order valence-corrected chi connectivity index (χ0v) is 18.9. The number of hydrogen-bond donors (Lipinski definition) is 2. The van der Waals surface area contributed by atoms with Gasteiger partial charge in [0.15, 0.2) is 0 Å². The zero-order chi connectivity index (χ0) is 23.4. The van der Waals surface area contributed by atoms with E-state index < -0.39 is 18.9 Å². The van der Waals surface area contributed by atoms with Gasteiger partial charge in [-0.05, 0) is 43.9 Å². The fourth-order valence-corrected chi connectivity index (χ4v) is 4.92. The summed E-state index contributed by atoms with van der Waals surface area (Å²) in [5.74, 6) is -0.187. The summed E-state index contributed by atoms with van der Waals surface area (Å²) in [5, 5.41) is 2.17. The van der Waals surface area contributed by atoms with E-state index >= 15 is 0 Å². The van der Waals surface area contributed by atoms with Crippen molar-refractivity contribution in [2.45, 2.75) is 51.0 Å². The van der Waals surface area contributed by atoms with E-state index in [1.54, 1.807) is 12.3 Å². The molecule has 1 aliphatic heterocycles. The lowest BCUT2D eigenvalue weighted by molar-refractivity contribution is 0.0887. The maximum atomic E-state index is 12.3. The lowest BCUT2D eigenvalue weighted by Crippen LogP contribution is -2.49. The van der Waals surface area contributed by atoms with Crippen LogP contribution in [0, 0.1) is 0 Å². The van der Waals surface area contributed by atoms with Crippen LogP contribution in [-0.4, -0.2) is 66.0 Å². The first-order valence-corrected chi connectivity index (χ1v) is 11.7. The van der Waals surface area contributed by atoms with Crippen LogP contribution in [0.4, 0.5) is 14.5 Å². The van der Waals surface area contributed by atoms with E-state index in [0.717, 1.165) is 68.8 Å². The number of halogens is 2. The number of carbonyl (C=O) groups excluding carboxylic acids is 1. The molecule has 0 bridgehead atoms. The van der Waals surface area contributed by atoms with E-state index in [0.29, 0.717) is 12.0 Å². The molecule has 2 aliphatic rings. The van der Waals surface area contributed by atoms with E-state index in [4.69, 9.17) is 0 Å². The van der Waals surface area contributed by atoms with Gasteiger partial charge < -0.3 is 15.2 Å². The number of nitrogens with one attached hydrogen (secondary N) is 2. The summed E-state index contributed by atoms with van der Waals surface area (Å²) < 4.78 is 24.5. The quantitative estimate of drug-likeness (QED) is 0.666. The number of H-pyrrole nitrogens is 1. The number of aryl methyl sites for hydroxylation is 1. The SMILES string of the molecule is CCc1ccc([C@@H]2CC[C@@H](N3CCN(c4ccc(C(=O)NCC(F)F)nc4)CC3)C2)[nH]c1=O. The number of piperazine rings is 1. The number of pyridine rings is 2. The lowest BCUT2D eigenvalue weighted by Gasteiger charge is -2.39. The van der Waals surface area contributed by atoms with Crippen LogP contribution >= 0.6 is 0 Å². The van der Waals surface area contributed by atoms with Crippen molar-refractivity contribution < 1.29 is 13.6 Å². The Hall–Kier alpha value is -2.81. The molecule has 9 heteroatoms. The van der Waals surface area contributed by atoms with Gasteiger partial charge in [0.05, 0.1) is 18.4 Å². The molecule has 2 aromatic heterocycles. The number of aromatic nitrogens is 2. The topological polar surface area (TPSA) is 81.3 Å². The Bertz CT molecular complexity index is 1000. The lowest BCUT2D eigenvalue weighted by atomic mass is 10.0. The minimum atomic E-state index is -2.58. The van der Waals surface area contributed by atoms with Crippen molar-refractivity contribution in [2.75, 3.05) is 37.6 Å². The first kappa shape index (κ1) is 23.4. The smallest absolute Gasteiger partial charge is 0.270 e. The fourth-order valence-electron chi connectivity index (χ4n) is 4.92. The first-order chi connectivity index (χ1) is 15.9. The molecule has 0 unspecified atom stereocenters. The molecule has 3 heterocycles. The van der Waals surface area contributed by atoms with Gasteiger partial charge in [0, 0.05) is 49.4 Å². The van der Waals surface area contributed by atoms with E-state index in [9.17, 15) is 18.4 Å². The maximum absolute atomic E-state index is 12.3. The number of anilines is 1. The van der Waals surface area contributed by atoms with Crippen molar-refractivity contribution in [3.8, 4) is 0 Å². The Morgan fingerprint density at radius 2 is 1.97 bits per heavy atom. The molecule has 1 saturated carbocycles. The predicted molar refractivity (Wildman–Crippen MR) is 123 cm³/mol. The molecule has 2 aromatic rings. The van der Waals surface area contributed by atoms with Crippen molar-refractivity contribution in [3.63, 3.8) is 0 Å². The number of alkyl halides is 2. The number of nitrogens with zero attached hydrogens (tertiary/aromatic N) is 3. The minimum Gasteiger partial charge on any atom is -0.368 e. The molecule has 7 nitrogen and oxygen atoms in total. The average molecular weight is 460 g/mol. The molecule has 1 aliphatic carbocycles. The third-order valence-electron chi connectivity index (χ3n) is 6.83. The van der Waals surface area contributed by atoms with Gasteiger partial charge in [0.25, 0.3) is 17.9 Å². The molecule has 0 aromatic carbocycles. The number of aromatic amines is 1. The van der Waals surface area contributed by atoms with Crippen LogP contribution in [0.2, 0.25) is 0 Å². The van der Waals surface area contributed by atoms with Gasteiger partial charge in [0.2, 0.25) is 0 Å². The van der Waals surface area contributed by atoms with Crippen molar-refractivity contribution in [1.82, 2.24) is 20.2 Å². The van der Waals surface area contributed by atoms with Crippen LogP contribution in [-0.2, 0) is 6.42 Å². The van der Waals surface area contributed by atoms with E-state index in [-0.39, 0.29) is 11.3 Å². The molecular weight excluding hydrogens is 428 g/mol. The second-order valence-electron chi connectivity index (χ2n) is 8.81. The van der Waals surface area contributed by atoms with E-state index in [1.807, 2.05) is 19.1 Å². The largest absolute Gasteiger partial charge is 0.368 e. The third-order valence-corrected chi connectivity index (χ3v) is 6.83. The standard InChI is InChI=1S/C24H31F2N5O2/c1-2-16-4-7-20(29-23(16)32)17-3-5-18(13-17)30-9-11-31(12-10-30)19-6-8-21(27-14-19)24(33)28-15-22(25)26/h4,6-8,14,17-18,22H,2-3,5,9-13,15H2,1H3,(H,28,33)(H,29,32)/t17-,18-/m1/s1.